The molecule has 1 aromatic carbocycles. The molecule has 1 aliphatic rings. The SMILES string of the molecule is CC[C@H](NC(=O)c1cc(C(F)(F)F)cc(C(F)(F)F)c1)c1ncnn1-c1ccc(C(=O)N2CCC(O)CC2)cn1. The molecule has 1 saturated heterocycles. The van der Waals surface area contributed by atoms with Gasteiger partial charge in [-0.2, -0.15) is 36.1 Å². The summed E-state index contributed by atoms with van der Waals surface area (Å²) in [5.74, 6) is -1.10. The summed E-state index contributed by atoms with van der Waals surface area (Å²) in [7, 11) is 0. The number of aromatic nitrogens is 4. The van der Waals surface area contributed by atoms with E-state index in [9.17, 15) is 41.0 Å². The second kappa shape index (κ2) is 11.2. The number of nitrogens with one attached hydrogen (secondary N) is 1. The Hall–Kier alpha value is -4.01. The minimum absolute atomic E-state index is 0.0561. The third kappa shape index (κ3) is 6.41. The fourth-order valence-corrected chi connectivity index (χ4v) is 4.23. The van der Waals surface area contributed by atoms with Crippen molar-refractivity contribution in [3.63, 3.8) is 0 Å². The smallest absolute Gasteiger partial charge is 0.393 e. The van der Waals surface area contributed by atoms with Gasteiger partial charge in [-0.3, -0.25) is 9.59 Å². The van der Waals surface area contributed by atoms with Crippen molar-refractivity contribution in [1.29, 1.82) is 0 Å². The Labute approximate surface area is 223 Å². The second-order valence-electron chi connectivity index (χ2n) is 9.19. The van der Waals surface area contributed by atoms with Crippen LogP contribution in [-0.2, 0) is 12.4 Å². The Kier molecular flexibility index (Phi) is 8.14. The van der Waals surface area contributed by atoms with Crippen LogP contribution in [0.4, 0.5) is 26.3 Å². The van der Waals surface area contributed by atoms with E-state index in [0.717, 1.165) is 6.33 Å². The first kappa shape index (κ1) is 29.0. The molecule has 2 amide bonds. The number of halogens is 6. The number of carbonyl (C=O) groups is 2. The van der Waals surface area contributed by atoms with Gasteiger partial charge in [-0.1, -0.05) is 6.92 Å². The molecule has 0 unspecified atom stereocenters. The van der Waals surface area contributed by atoms with E-state index in [1.54, 1.807) is 11.8 Å². The molecule has 0 radical (unpaired) electrons. The predicted octanol–water partition coefficient (Wildman–Crippen LogP) is 4.18. The van der Waals surface area contributed by atoms with Crippen LogP contribution in [0.25, 0.3) is 5.82 Å². The number of carbonyl (C=O) groups excluding carboxylic acids is 2. The van der Waals surface area contributed by atoms with Gasteiger partial charge in [-0.05, 0) is 49.6 Å². The lowest BCUT2D eigenvalue weighted by atomic mass is 10.0. The van der Waals surface area contributed by atoms with Gasteiger partial charge in [-0.15, -0.1) is 0 Å². The molecular weight excluding hydrogens is 546 g/mol. The van der Waals surface area contributed by atoms with E-state index >= 15 is 0 Å². The molecule has 3 heterocycles. The number of piperidine rings is 1. The number of hydrogen-bond acceptors (Lipinski definition) is 6. The Bertz CT molecular complexity index is 1330. The van der Waals surface area contributed by atoms with Crippen LogP contribution in [0, 0.1) is 0 Å². The average molecular weight is 570 g/mol. The number of benzene rings is 1. The van der Waals surface area contributed by atoms with Crippen LogP contribution < -0.4 is 5.32 Å². The third-order valence-electron chi connectivity index (χ3n) is 6.41. The zero-order chi connectivity index (χ0) is 29.2. The van der Waals surface area contributed by atoms with E-state index in [-0.39, 0.29) is 30.0 Å². The summed E-state index contributed by atoms with van der Waals surface area (Å²) in [4.78, 5) is 35.5. The van der Waals surface area contributed by atoms with Crippen molar-refractivity contribution in [3.05, 3.63) is 70.9 Å². The van der Waals surface area contributed by atoms with Crippen molar-refractivity contribution in [2.75, 3.05) is 13.1 Å². The minimum Gasteiger partial charge on any atom is -0.393 e. The minimum atomic E-state index is -5.10. The monoisotopic (exact) mass is 570 g/mol. The summed E-state index contributed by atoms with van der Waals surface area (Å²) in [6, 6.07) is 2.69. The number of hydrogen-bond donors (Lipinski definition) is 2. The second-order valence-corrected chi connectivity index (χ2v) is 9.19. The molecule has 0 aliphatic carbocycles. The maximum Gasteiger partial charge on any atom is 0.416 e. The lowest BCUT2D eigenvalue weighted by Gasteiger charge is -2.29. The molecule has 0 bridgehead atoms. The maximum atomic E-state index is 13.2. The van der Waals surface area contributed by atoms with Crippen LogP contribution in [-0.4, -0.2) is 60.8 Å². The number of rotatable bonds is 6. The number of likely N-dealkylation sites (tertiary alicyclic amines) is 1. The van der Waals surface area contributed by atoms with Crippen LogP contribution in [0.1, 0.15) is 69.9 Å². The van der Waals surface area contributed by atoms with Gasteiger partial charge in [0.2, 0.25) is 0 Å². The van der Waals surface area contributed by atoms with E-state index in [0.29, 0.717) is 43.6 Å². The summed E-state index contributed by atoms with van der Waals surface area (Å²) >= 11 is 0. The summed E-state index contributed by atoms with van der Waals surface area (Å²) in [5.41, 5.74) is -3.74. The molecule has 1 aliphatic heterocycles. The molecule has 2 aromatic heterocycles. The molecule has 3 aromatic rings. The van der Waals surface area contributed by atoms with E-state index < -0.39 is 47.1 Å². The van der Waals surface area contributed by atoms with Crippen molar-refractivity contribution in [2.45, 2.75) is 50.7 Å². The summed E-state index contributed by atoms with van der Waals surface area (Å²) < 4.78 is 80.6. The maximum absolute atomic E-state index is 13.2. The van der Waals surface area contributed by atoms with Crippen molar-refractivity contribution in [3.8, 4) is 5.82 Å². The number of nitrogens with zero attached hydrogens (tertiary/aromatic N) is 5. The zero-order valence-electron chi connectivity index (χ0n) is 21.0. The van der Waals surface area contributed by atoms with Crippen LogP contribution >= 0.6 is 0 Å². The largest absolute Gasteiger partial charge is 0.416 e. The van der Waals surface area contributed by atoms with Crippen molar-refractivity contribution in [1.82, 2.24) is 30.0 Å². The fraction of sp³-hybridized carbons (Fsp3) is 0.400. The number of alkyl halides is 6. The molecule has 214 valence electrons. The predicted molar refractivity (Wildman–Crippen MR) is 127 cm³/mol. The first-order valence-corrected chi connectivity index (χ1v) is 12.2. The van der Waals surface area contributed by atoms with Gasteiger partial charge in [0, 0.05) is 24.8 Å². The number of aliphatic hydroxyl groups is 1. The topological polar surface area (TPSA) is 113 Å². The van der Waals surface area contributed by atoms with E-state index in [4.69, 9.17) is 0 Å². The lowest BCUT2D eigenvalue weighted by Crippen LogP contribution is -2.40. The summed E-state index contributed by atoms with van der Waals surface area (Å²) in [6.45, 7) is 2.44. The first-order valence-electron chi connectivity index (χ1n) is 12.2. The van der Waals surface area contributed by atoms with Crippen LogP contribution in [0.5, 0.6) is 0 Å². The number of pyridine rings is 1. The molecule has 0 spiro atoms. The molecule has 1 atom stereocenters. The first-order chi connectivity index (χ1) is 18.8. The van der Waals surface area contributed by atoms with Gasteiger partial charge in [-0.25, -0.2) is 9.97 Å². The standard InChI is InChI=1S/C25H24F6N6O3/c1-2-19(35-22(39)15-9-16(24(26,27)28)11-17(10-15)25(29,30)31)21-33-13-34-37(21)20-4-3-14(12-32-20)23(40)36-7-5-18(38)6-8-36/h3-4,9-13,18-19,38H,2,5-8H2,1H3,(H,35,39)/t19-/m0/s1. The number of aliphatic hydroxyl groups excluding tert-OH is 1. The van der Waals surface area contributed by atoms with Gasteiger partial charge in [0.25, 0.3) is 11.8 Å². The highest BCUT2D eigenvalue weighted by Crippen LogP contribution is 2.36. The molecule has 15 heteroatoms. The summed E-state index contributed by atoms with van der Waals surface area (Å²) in [6.07, 6.45) is -7.06. The molecule has 9 nitrogen and oxygen atoms in total. The van der Waals surface area contributed by atoms with E-state index in [2.05, 4.69) is 20.4 Å². The van der Waals surface area contributed by atoms with Crippen molar-refractivity contribution in [2.24, 2.45) is 0 Å². The quantitative estimate of drug-likeness (QED) is 0.430. The van der Waals surface area contributed by atoms with Gasteiger partial charge in [0.05, 0.1) is 28.8 Å². The Morgan fingerprint density at radius 1 is 1.00 bits per heavy atom. The van der Waals surface area contributed by atoms with Crippen LogP contribution in [0.15, 0.2) is 42.9 Å². The highest BCUT2D eigenvalue weighted by Gasteiger charge is 2.38. The zero-order valence-corrected chi connectivity index (χ0v) is 21.0. The van der Waals surface area contributed by atoms with Crippen molar-refractivity contribution >= 4 is 11.8 Å². The van der Waals surface area contributed by atoms with Crippen LogP contribution in [0.2, 0.25) is 0 Å². The highest BCUT2D eigenvalue weighted by atomic mass is 19.4. The normalized spacial score (nSPS) is 15.7. The molecule has 1 fully saturated rings. The Balaban J connectivity index is 1.55. The molecule has 2 N–H and O–H groups in total. The Morgan fingerprint density at radius 2 is 1.62 bits per heavy atom. The number of amides is 2. The summed E-state index contributed by atoms with van der Waals surface area (Å²) in [5, 5.41) is 16.1. The molecule has 0 saturated carbocycles. The van der Waals surface area contributed by atoms with Crippen LogP contribution in [0.3, 0.4) is 0 Å². The van der Waals surface area contributed by atoms with Crippen molar-refractivity contribution < 1.29 is 41.0 Å². The highest BCUT2D eigenvalue weighted by molar-refractivity contribution is 5.95. The molecular formula is C25H24F6N6O3. The Morgan fingerprint density at radius 3 is 2.15 bits per heavy atom. The lowest BCUT2D eigenvalue weighted by molar-refractivity contribution is -0.143. The van der Waals surface area contributed by atoms with Gasteiger partial charge in [0.1, 0.15) is 6.33 Å². The van der Waals surface area contributed by atoms with Gasteiger partial charge in [0.15, 0.2) is 11.6 Å². The van der Waals surface area contributed by atoms with Gasteiger partial charge < -0.3 is 15.3 Å². The van der Waals surface area contributed by atoms with Gasteiger partial charge >= 0.3 is 12.4 Å². The molecule has 4 rings (SSSR count). The third-order valence-corrected chi connectivity index (χ3v) is 6.41. The average Bonchev–Trinajstić information content (AvgIpc) is 3.40. The molecule has 40 heavy (non-hydrogen) atoms. The van der Waals surface area contributed by atoms with E-state index in [1.807, 2.05) is 0 Å². The van der Waals surface area contributed by atoms with E-state index in [1.165, 1.54) is 23.0 Å². The fourth-order valence-electron chi connectivity index (χ4n) is 4.23.